The molecule has 136 valence electrons. The van der Waals surface area contributed by atoms with E-state index in [4.69, 9.17) is 4.52 Å². The van der Waals surface area contributed by atoms with Gasteiger partial charge in [0, 0.05) is 11.1 Å². The molecule has 1 N–H and O–H groups in total. The number of rotatable bonds is 5. The van der Waals surface area contributed by atoms with Gasteiger partial charge in [0.25, 0.3) is 0 Å². The molecule has 0 aliphatic heterocycles. The lowest BCUT2D eigenvalue weighted by Crippen LogP contribution is -2.32. The number of aryl methyl sites for hydroxylation is 1. The molecule has 1 amide bonds. The predicted octanol–water partition coefficient (Wildman–Crippen LogP) is 3.62. The average molecular weight is 344 g/mol. The first-order chi connectivity index (χ1) is 11.6. The number of nitrogens with one attached hydrogen (secondary N) is 1. The second-order valence-electron chi connectivity index (χ2n) is 7.59. The molecule has 2 rings (SSSR count). The van der Waals surface area contributed by atoms with Gasteiger partial charge in [-0.05, 0) is 45.0 Å². The van der Waals surface area contributed by atoms with Crippen LogP contribution in [0, 0.1) is 13.8 Å². The van der Waals surface area contributed by atoms with Crippen molar-refractivity contribution < 1.29 is 9.32 Å². The van der Waals surface area contributed by atoms with Crippen LogP contribution in [0.25, 0.3) is 0 Å². The van der Waals surface area contributed by atoms with Crippen LogP contribution in [-0.4, -0.2) is 34.5 Å². The smallest absolute Gasteiger partial charge is 0.243 e. The van der Waals surface area contributed by atoms with Crippen molar-refractivity contribution in [1.29, 1.82) is 0 Å². The predicted molar refractivity (Wildman–Crippen MR) is 98.6 cm³/mol. The van der Waals surface area contributed by atoms with Crippen molar-refractivity contribution >= 4 is 11.6 Å². The van der Waals surface area contributed by atoms with Crippen LogP contribution in [0.15, 0.2) is 22.7 Å². The minimum Gasteiger partial charge on any atom is -0.338 e. The van der Waals surface area contributed by atoms with Gasteiger partial charge in [0.05, 0.1) is 12.6 Å². The summed E-state index contributed by atoms with van der Waals surface area (Å²) in [6.07, 6.45) is 0. The lowest BCUT2D eigenvalue weighted by atomic mass is 9.96. The molecular formula is C19H28N4O2. The van der Waals surface area contributed by atoms with Crippen LogP contribution < -0.4 is 5.32 Å². The van der Waals surface area contributed by atoms with E-state index in [0.717, 1.165) is 16.8 Å². The van der Waals surface area contributed by atoms with Crippen LogP contribution in [0.2, 0.25) is 0 Å². The largest absolute Gasteiger partial charge is 0.338 e. The molecule has 0 unspecified atom stereocenters. The fourth-order valence-electron chi connectivity index (χ4n) is 2.34. The third-order valence-electron chi connectivity index (χ3n) is 4.40. The molecule has 0 aliphatic carbocycles. The van der Waals surface area contributed by atoms with Gasteiger partial charge in [-0.1, -0.05) is 38.1 Å². The van der Waals surface area contributed by atoms with Gasteiger partial charge in [-0.2, -0.15) is 4.98 Å². The van der Waals surface area contributed by atoms with E-state index in [1.807, 2.05) is 71.7 Å². The summed E-state index contributed by atoms with van der Waals surface area (Å²) in [6, 6.07) is 5.74. The molecule has 0 aliphatic rings. The summed E-state index contributed by atoms with van der Waals surface area (Å²) in [5.74, 6) is 1.12. The maximum absolute atomic E-state index is 12.4. The van der Waals surface area contributed by atoms with Crippen molar-refractivity contribution in [2.45, 2.75) is 53.0 Å². The summed E-state index contributed by atoms with van der Waals surface area (Å²) in [5.41, 5.74) is 2.91. The maximum atomic E-state index is 12.4. The molecule has 0 bridgehead atoms. The number of benzene rings is 1. The zero-order valence-electron chi connectivity index (χ0n) is 16.2. The van der Waals surface area contributed by atoms with Gasteiger partial charge < -0.3 is 9.84 Å². The van der Waals surface area contributed by atoms with Crippen LogP contribution in [0.3, 0.4) is 0 Å². The Kier molecular flexibility index (Phi) is 5.62. The molecule has 1 aromatic heterocycles. The Labute approximate surface area is 149 Å². The number of amides is 1. The van der Waals surface area contributed by atoms with Crippen molar-refractivity contribution in [1.82, 2.24) is 15.0 Å². The number of anilines is 1. The number of nitrogens with zero attached hydrogens (tertiary/aromatic N) is 3. The third-order valence-corrected chi connectivity index (χ3v) is 4.40. The van der Waals surface area contributed by atoms with E-state index < -0.39 is 0 Å². The van der Waals surface area contributed by atoms with Crippen molar-refractivity contribution in [2.24, 2.45) is 0 Å². The van der Waals surface area contributed by atoms with E-state index in [0.29, 0.717) is 11.7 Å². The summed E-state index contributed by atoms with van der Waals surface area (Å²) in [7, 11) is 1.87. The van der Waals surface area contributed by atoms with Gasteiger partial charge in [-0.25, -0.2) is 0 Å². The normalized spacial score (nSPS) is 13.1. The minimum atomic E-state index is -0.167. The van der Waals surface area contributed by atoms with Gasteiger partial charge in [0.1, 0.15) is 0 Å². The Hall–Kier alpha value is -2.21. The molecule has 6 nitrogen and oxygen atoms in total. The quantitative estimate of drug-likeness (QED) is 0.897. The third kappa shape index (κ3) is 4.66. The monoisotopic (exact) mass is 344 g/mol. The van der Waals surface area contributed by atoms with Crippen molar-refractivity contribution in [3.63, 3.8) is 0 Å². The van der Waals surface area contributed by atoms with Gasteiger partial charge in [0.2, 0.25) is 11.8 Å². The zero-order chi connectivity index (χ0) is 18.8. The molecule has 25 heavy (non-hydrogen) atoms. The molecular weight excluding hydrogens is 316 g/mol. The van der Waals surface area contributed by atoms with E-state index in [2.05, 4.69) is 15.5 Å². The van der Waals surface area contributed by atoms with E-state index in [1.54, 1.807) is 0 Å². The summed E-state index contributed by atoms with van der Waals surface area (Å²) in [6.45, 7) is 12.3. The molecule has 0 saturated carbocycles. The van der Waals surface area contributed by atoms with Crippen LogP contribution >= 0.6 is 0 Å². The minimum absolute atomic E-state index is 0.0707. The Balaban J connectivity index is 2.00. The molecule has 0 radical (unpaired) electrons. The fraction of sp³-hybridized carbons (Fsp3) is 0.526. The van der Waals surface area contributed by atoms with Gasteiger partial charge in [0.15, 0.2) is 5.82 Å². The molecule has 1 aromatic carbocycles. The molecule has 0 saturated heterocycles. The maximum Gasteiger partial charge on any atom is 0.243 e. The molecule has 0 fully saturated rings. The molecule has 6 heteroatoms. The highest BCUT2D eigenvalue weighted by Gasteiger charge is 2.25. The van der Waals surface area contributed by atoms with E-state index in [9.17, 15) is 4.79 Å². The Morgan fingerprint density at radius 1 is 1.32 bits per heavy atom. The summed E-state index contributed by atoms with van der Waals surface area (Å²) in [5, 5.41) is 7.02. The number of aromatic nitrogens is 2. The highest BCUT2D eigenvalue weighted by atomic mass is 16.5. The Bertz CT molecular complexity index is 746. The number of likely N-dealkylation sites (N-methyl/N-ethyl adjacent to an activating group) is 1. The first kappa shape index (κ1) is 19.1. The number of hydrogen-bond acceptors (Lipinski definition) is 5. The second-order valence-corrected chi connectivity index (χ2v) is 7.59. The highest BCUT2D eigenvalue weighted by molar-refractivity contribution is 5.93. The van der Waals surface area contributed by atoms with E-state index in [-0.39, 0.29) is 23.9 Å². The van der Waals surface area contributed by atoms with Crippen molar-refractivity contribution in [3.8, 4) is 0 Å². The zero-order valence-corrected chi connectivity index (χ0v) is 16.2. The van der Waals surface area contributed by atoms with Gasteiger partial charge >= 0.3 is 0 Å². The molecule has 0 spiro atoms. The van der Waals surface area contributed by atoms with Crippen LogP contribution in [0.1, 0.15) is 56.6 Å². The summed E-state index contributed by atoms with van der Waals surface area (Å²) in [4.78, 5) is 18.7. The lowest BCUT2D eigenvalue weighted by Gasteiger charge is -2.21. The first-order valence-electron chi connectivity index (χ1n) is 8.50. The number of carbonyl (C=O) groups excluding carboxylic acids is 1. The van der Waals surface area contributed by atoms with Crippen LogP contribution in [0.4, 0.5) is 5.69 Å². The van der Waals surface area contributed by atoms with E-state index in [1.165, 1.54) is 0 Å². The standard InChI is InChI=1S/C19H28N4O2/c1-12-9-8-10-15(13(12)2)20-16(24)11-23(7)14(3)17-21-18(22-25-17)19(4,5)6/h8-10,14H,11H2,1-7H3,(H,20,24)/t14-/m1/s1. The van der Waals surface area contributed by atoms with Crippen LogP contribution in [-0.2, 0) is 10.2 Å². The van der Waals surface area contributed by atoms with E-state index >= 15 is 0 Å². The topological polar surface area (TPSA) is 71.3 Å². The van der Waals surface area contributed by atoms with Crippen molar-refractivity contribution in [2.75, 3.05) is 18.9 Å². The molecule has 2 aromatic rings. The molecule has 1 heterocycles. The highest BCUT2D eigenvalue weighted by Crippen LogP contribution is 2.23. The summed E-state index contributed by atoms with van der Waals surface area (Å²) < 4.78 is 5.37. The van der Waals surface area contributed by atoms with Crippen LogP contribution in [0.5, 0.6) is 0 Å². The Morgan fingerprint density at radius 2 is 2.00 bits per heavy atom. The lowest BCUT2D eigenvalue weighted by molar-refractivity contribution is -0.117. The number of carbonyl (C=O) groups is 1. The average Bonchev–Trinajstić information content (AvgIpc) is 3.01. The van der Waals surface area contributed by atoms with Crippen molar-refractivity contribution in [3.05, 3.63) is 41.0 Å². The SMILES string of the molecule is Cc1cccc(NC(=O)CN(C)[C@H](C)c2nc(C(C)(C)C)no2)c1C. The fourth-order valence-corrected chi connectivity index (χ4v) is 2.34. The summed E-state index contributed by atoms with van der Waals surface area (Å²) >= 11 is 0. The Morgan fingerprint density at radius 3 is 2.60 bits per heavy atom. The van der Waals surface area contributed by atoms with Gasteiger partial charge in [-0.3, -0.25) is 9.69 Å². The first-order valence-corrected chi connectivity index (χ1v) is 8.50. The van der Waals surface area contributed by atoms with Gasteiger partial charge in [-0.15, -0.1) is 0 Å². The second kappa shape index (κ2) is 7.35. The molecule has 1 atom stereocenters. The number of hydrogen-bond donors (Lipinski definition) is 1.